The Morgan fingerprint density at radius 2 is 2.20 bits per heavy atom. The quantitative estimate of drug-likeness (QED) is 0.809. The molecule has 0 spiro atoms. The van der Waals surface area contributed by atoms with Crippen molar-refractivity contribution in [2.24, 2.45) is 5.92 Å². The van der Waals surface area contributed by atoms with E-state index < -0.39 is 5.97 Å². The van der Waals surface area contributed by atoms with Crippen molar-refractivity contribution in [2.45, 2.75) is 40.0 Å². The standard InChI is InChI=1S/C11H17NO3/c1-4-9-8(5-7(2)3)12-10(15-9)6-11(13)14/h7H,4-6H2,1-3H3,(H,13,14). The van der Waals surface area contributed by atoms with Gasteiger partial charge in [0.25, 0.3) is 0 Å². The number of carboxylic acid groups (broad SMARTS) is 1. The van der Waals surface area contributed by atoms with Crippen molar-refractivity contribution in [3.05, 3.63) is 17.3 Å². The lowest BCUT2D eigenvalue weighted by molar-refractivity contribution is -0.136. The minimum Gasteiger partial charge on any atom is -0.481 e. The number of hydrogen-bond acceptors (Lipinski definition) is 3. The molecule has 0 unspecified atom stereocenters. The summed E-state index contributed by atoms with van der Waals surface area (Å²) >= 11 is 0. The van der Waals surface area contributed by atoms with Crippen LogP contribution in [0.25, 0.3) is 0 Å². The van der Waals surface area contributed by atoms with Gasteiger partial charge in [-0.3, -0.25) is 4.79 Å². The second kappa shape index (κ2) is 4.96. The van der Waals surface area contributed by atoms with Gasteiger partial charge in [0, 0.05) is 6.42 Å². The minimum absolute atomic E-state index is 0.134. The number of aromatic nitrogens is 1. The number of rotatable bonds is 5. The van der Waals surface area contributed by atoms with Crippen molar-refractivity contribution in [3.8, 4) is 0 Å². The number of nitrogens with zero attached hydrogens (tertiary/aromatic N) is 1. The topological polar surface area (TPSA) is 63.3 Å². The fourth-order valence-electron chi connectivity index (χ4n) is 1.46. The zero-order valence-electron chi connectivity index (χ0n) is 9.41. The van der Waals surface area contributed by atoms with Crippen LogP contribution in [0.2, 0.25) is 0 Å². The molecule has 0 radical (unpaired) electrons. The fourth-order valence-corrected chi connectivity index (χ4v) is 1.46. The molecule has 1 aromatic heterocycles. The maximum absolute atomic E-state index is 10.5. The van der Waals surface area contributed by atoms with Gasteiger partial charge in [-0.15, -0.1) is 0 Å². The minimum atomic E-state index is -0.907. The highest BCUT2D eigenvalue weighted by Crippen LogP contribution is 2.16. The van der Waals surface area contributed by atoms with Gasteiger partial charge in [-0.25, -0.2) is 4.98 Å². The van der Waals surface area contributed by atoms with Gasteiger partial charge in [0.15, 0.2) is 0 Å². The van der Waals surface area contributed by atoms with Gasteiger partial charge in [-0.1, -0.05) is 20.8 Å². The van der Waals surface area contributed by atoms with Gasteiger partial charge in [-0.05, 0) is 12.3 Å². The van der Waals surface area contributed by atoms with E-state index in [4.69, 9.17) is 9.52 Å². The van der Waals surface area contributed by atoms with E-state index in [9.17, 15) is 4.79 Å². The Labute approximate surface area is 89.3 Å². The second-order valence-corrected chi connectivity index (χ2v) is 4.00. The summed E-state index contributed by atoms with van der Waals surface area (Å²) in [6.07, 6.45) is 1.46. The van der Waals surface area contributed by atoms with E-state index in [1.807, 2.05) is 6.92 Å². The number of aliphatic carboxylic acids is 1. The molecule has 0 aromatic carbocycles. The number of aryl methyl sites for hydroxylation is 1. The Kier molecular flexibility index (Phi) is 3.88. The van der Waals surface area contributed by atoms with Gasteiger partial charge in [0.05, 0.1) is 5.69 Å². The van der Waals surface area contributed by atoms with Crippen LogP contribution in [0.4, 0.5) is 0 Å². The molecule has 0 fully saturated rings. The van der Waals surface area contributed by atoms with Crippen molar-refractivity contribution in [3.63, 3.8) is 0 Å². The Hall–Kier alpha value is -1.32. The van der Waals surface area contributed by atoms with Crippen molar-refractivity contribution < 1.29 is 14.3 Å². The SMILES string of the molecule is CCc1oc(CC(=O)O)nc1CC(C)C. The molecule has 0 saturated heterocycles. The van der Waals surface area contributed by atoms with Gasteiger partial charge in [-0.2, -0.15) is 0 Å². The zero-order valence-corrected chi connectivity index (χ0v) is 9.41. The molecule has 4 nitrogen and oxygen atoms in total. The number of carbonyl (C=O) groups is 1. The smallest absolute Gasteiger partial charge is 0.312 e. The van der Waals surface area contributed by atoms with Crippen LogP contribution in [-0.2, 0) is 24.1 Å². The van der Waals surface area contributed by atoms with Gasteiger partial charge in [0.1, 0.15) is 12.2 Å². The summed E-state index contributed by atoms with van der Waals surface area (Å²) in [7, 11) is 0. The van der Waals surface area contributed by atoms with Crippen LogP contribution in [-0.4, -0.2) is 16.1 Å². The van der Waals surface area contributed by atoms with Gasteiger partial charge < -0.3 is 9.52 Å². The van der Waals surface area contributed by atoms with E-state index >= 15 is 0 Å². The molecule has 15 heavy (non-hydrogen) atoms. The lowest BCUT2D eigenvalue weighted by Crippen LogP contribution is -2.01. The molecule has 0 amide bonds. The lowest BCUT2D eigenvalue weighted by atomic mass is 10.1. The van der Waals surface area contributed by atoms with E-state index in [-0.39, 0.29) is 6.42 Å². The summed E-state index contributed by atoms with van der Waals surface area (Å²) in [5.74, 6) is 0.725. The zero-order chi connectivity index (χ0) is 11.4. The van der Waals surface area contributed by atoms with E-state index in [1.165, 1.54) is 0 Å². The van der Waals surface area contributed by atoms with E-state index in [2.05, 4.69) is 18.8 Å². The largest absolute Gasteiger partial charge is 0.481 e. The molecule has 0 aliphatic heterocycles. The molecule has 0 aliphatic carbocycles. The predicted molar refractivity (Wildman–Crippen MR) is 55.8 cm³/mol. The van der Waals surface area contributed by atoms with Crippen LogP contribution in [0, 0.1) is 5.92 Å². The normalized spacial score (nSPS) is 10.9. The first-order chi connectivity index (χ1) is 7.02. The number of oxazole rings is 1. The fraction of sp³-hybridized carbons (Fsp3) is 0.636. The highest BCUT2D eigenvalue weighted by Gasteiger charge is 2.14. The van der Waals surface area contributed by atoms with Crippen molar-refractivity contribution in [1.29, 1.82) is 0 Å². The first kappa shape index (κ1) is 11.8. The van der Waals surface area contributed by atoms with Crippen LogP contribution in [0.3, 0.4) is 0 Å². The molecule has 4 heteroatoms. The molecule has 1 aromatic rings. The second-order valence-electron chi connectivity index (χ2n) is 4.00. The van der Waals surface area contributed by atoms with Crippen molar-refractivity contribution >= 4 is 5.97 Å². The average molecular weight is 211 g/mol. The first-order valence-corrected chi connectivity index (χ1v) is 5.22. The Morgan fingerprint density at radius 1 is 1.53 bits per heavy atom. The van der Waals surface area contributed by atoms with Crippen molar-refractivity contribution in [1.82, 2.24) is 4.98 Å². The molecule has 0 saturated carbocycles. The van der Waals surface area contributed by atoms with Crippen LogP contribution < -0.4 is 0 Å². The van der Waals surface area contributed by atoms with Crippen LogP contribution in [0.15, 0.2) is 4.42 Å². The summed E-state index contributed by atoms with van der Waals surface area (Å²) in [4.78, 5) is 14.7. The van der Waals surface area contributed by atoms with Crippen LogP contribution in [0.1, 0.15) is 38.1 Å². The summed E-state index contributed by atoms with van der Waals surface area (Å²) in [5, 5.41) is 8.62. The molecular weight excluding hydrogens is 194 g/mol. The Morgan fingerprint density at radius 3 is 2.67 bits per heavy atom. The molecule has 0 bridgehead atoms. The lowest BCUT2D eigenvalue weighted by Gasteiger charge is -2.01. The maximum atomic E-state index is 10.5. The Bertz CT molecular complexity index is 342. The summed E-state index contributed by atoms with van der Waals surface area (Å²) in [6.45, 7) is 6.19. The summed E-state index contributed by atoms with van der Waals surface area (Å²) in [5.41, 5.74) is 0.906. The highest BCUT2D eigenvalue weighted by atomic mass is 16.4. The van der Waals surface area contributed by atoms with Gasteiger partial charge in [0.2, 0.25) is 5.89 Å². The monoisotopic (exact) mass is 211 g/mol. The molecule has 0 atom stereocenters. The third-order valence-corrected chi connectivity index (χ3v) is 2.05. The molecule has 0 aliphatic rings. The average Bonchev–Trinajstić information content (AvgIpc) is 2.45. The molecule has 1 heterocycles. The predicted octanol–water partition coefficient (Wildman–Crippen LogP) is 2.06. The van der Waals surface area contributed by atoms with Crippen LogP contribution >= 0.6 is 0 Å². The molecule has 1 N–H and O–H groups in total. The van der Waals surface area contributed by atoms with E-state index in [0.29, 0.717) is 11.8 Å². The number of hydrogen-bond donors (Lipinski definition) is 1. The van der Waals surface area contributed by atoms with E-state index in [0.717, 1.165) is 24.3 Å². The van der Waals surface area contributed by atoms with E-state index in [1.54, 1.807) is 0 Å². The van der Waals surface area contributed by atoms with Gasteiger partial charge >= 0.3 is 5.97 Å². The highest BCUT2D eigenvalue weighted by molar-refractivity contribution is 5.68. The number of carboxylic acids is 1. The van der Waals surface area contributed by atoms with Crippen molar-refractivity contribution in [2.75, 3.05) is 0 Å². The molecule has 1 rings (SSSR count). The third-order valence-electron chi connectivity index (χ3n) is 2.05. The first-order valence-electron chi connectivity index (χ1n) is 5.22. The Balaban J connectivity index is 2.84. The summed E-state index contributed by atoms with van der Waals surface area (Å²) < 4.78 is 5.38. The molecular formula is C11H17NO3. The maximum Gasteiger partial charge on any atom is 0.312 e. The molecule has 84 valence electrons. The summed E-state index contributed by atoms with van der Waals surface area (Å²) in [6, 6.07) is 0. The van der Waals surface area contributed by atoms with Crippen LogP contribution in [0.5, 0.6) is 0 Å². The third kappa shape index (κ3) is 3.38.